The van der Waals surface area contributed by atoms with E-state index in [2.05, 4.69) is 43.9 Å². The highest BCUT2D eigenvalue weighted by atomic mass is 28.4. The van der Waals surface area contributed by atoms with E-state index >= 15 is 0 Å². The van der Waals surface area contributed by atoms with Crippen molar-refractivity contribution in [3.63, 3.8) is 0 Å². The molecule has 6 nitrogen and oxygen atoms in total. The second kappa shape index (κ2) is 7.87. The van der Waals surface area contributed by atoms with Crippen LogP contribution in [0.1, 0.15) is 33.6 Å². The van der Waals surface area contributed by atoms with Gasteiger partial charge in [-0.3, -0.25) is 0 Å². The Morgan fingerprint density at radius 2 is 1.89 bits per heavy atom. The van der Waals surface area contributed by atoms with Gasteiger partial charge in [-0.15, -0.1) is 0 Å². The maximum atomic E-state index is 9.33. The van der Waals surface area contributed by atoms with E-state index in [0.29, 0.717) is 12.8 Å². The molecule has 112 valence electrons. The van der Waals surface area contributed by atoms with Crippen molar-refractivity contribution in [2.45, 2.75) is 63.9 Å². The molecule has 0 unspecified atom stereocenters. The number of nitrogens with zero attached hydrogens (tertiary/aromatic N) is 3. The molecule has 0 fully saturated rings. The Morgan fingerprint density at radius 1 is 1.32 bits per heavy atom. The molecular weight excluding hydrogens is 262 g/mol. The third-order valence-corrected chi connectivity index (χ3v) is 8.22. The van der Waals surface area contributed by atoms with Crippen LogP contribution < -0.4 is 0 Å². The van der Waals surface area contributed by atoms with Crippen LogP contribution in [0.2, 0.25) is 18.1 Å². The van der Waals surface area contributed by atoms with Crippen molar-refractivity contribution >= 4 is 8.32 Å². The first kappa shape index (κ1) is 18.4. The Labute approximate surface area is 116 Å². The van der Waals surface area contributed by atoms with Gasteiger partial charge in [0.2, 0.25) is 0 Å². The van der Waals surface area contributed by atoms with Crippen LogP contribution in [0.15, 0.2) is 5.11 Å². The zero-order valence-corrected chi connectivity index (χ0v) is 13.6. The standard InChI is InChI=1S/C12H27N3O3Si/c1-12(2,3)19(4,5)18-11(7-6-8-16)10(9-17)14-15-13/h10-11,16-17H,6-9H2,1-5H3/t10-,11-/m1/s1. The maximum absolute atomic E-state index is 9.33. The maximum Gasteiger partial charge on any atom is 0.192 e. The Balaban J connectivity index is 4.99. The first-order valence-electron chi connectivity index (χ1n) is 6.63. The van der Waals surface area contributed by atoms with Gasteiger partial charge in [0, 0.05) is 11.5 Å². The first-order valence-corrected chi connectivity index (χ1v) is 9.54. The van der Waals surface area contributed by atoms with Crippen LogP contribution in [-0.4, -0.2) is 43.9 Å². The van der Waals surface area contributed by atoms with Gasteiger partial charge in [-0.1, -0.05) is 25.9 Å². The summed E-state index contributed by atoms with van der Waals surface area (Å²) >= 11 is 0. The van der Waals surface area contributed by atoms with Crippen LogP contribution in [0.3, 0.4) is 0 Å². The molecule has 0 saturated heterocycles. The molecule has 0 amide bonds. The molecule has 0 aliphatic rings. The van der Waals surface area contributed by atoms with Gasteiger partial charge in [0.25, 0.3) is 0 Å². The summed E-state index contributed by atoms with van der Waals surface area (Å²) in [5.74, 6) is 0. The average molecular weight is 289 g/mol. The summed E-state index contributed by atoms with van der Waals surface area (Å²) in [6.45, 7) is 10.4. The molecule has 0 heterocycles. The lowest BCUT2D eigenvalue weighted by Gasteiger charge is -2.40. The van der Waals surface area contributed by atoms with Crippen LogP contribution in [0, 0.1) is 0 Å². The minimum Gasteiger partial charge on any atom is -0.413 e. The molecule has 19 heavy (non-hydrogen) atoms. The molecule has 2 N–H and O–H groups in total. The second-order valence-electron chi connectivity index (χ2n) is 6.24. The quantitative estimate of drug-likeness (QED) is 0.311. The van der Waals surface area contributed by atoms with Crippen LogP contribution >= 0.6 is 0 Å². The topological polar surface area (TPSA) is 98.5 Å². The number of hydrogen-bond donors (Lipinski definition) is 2. The van der Waals surface area contributed by atoms with Crippen molar-refractivity contribution < 1.29 is 14.6 Å². The SMILES string of the molecule is CC(C)(C)[Si](C)(C)O[C@H](CCCO)[C@@H](CO)N=[N+]=[N-]. The number of azide groups is 1. The van der Waals surface area contributed by atoms with E-state index in [-0.39, 0.29) is 24.4 Å². The number of aliphatic hydroxyl groups is 2. The van der Waals surface area contributed by atoms with Gasteiger partial charge in [-0.05, 0) is 36.5 Å². The van der Waals surface area contributed by atoms with Gasteiger partial charge in [0.15, 0.2) is 8.32 Å². The molecule has 0 saturated carbocycles. The van der Waals surface area contributed by atoms with E-state index in [1.165, 1.54) is 0 Å². The first-order chi connectivity index (χ1) is 8.69. The fourth-order valence-electron chi connectivity index (χ4n) is 1.47. The summed E-state index contributed by atoms with van der Waals surface area (Å²) < 4.78 is 6.21. The minimum absolute atomic E-state index is 0.0425. The molecule has 0 radical (unpaired) electrons. The largest absolute Gasteiger partial charge is 0.413 e. The van der Waals surface area contributed by atoms with E-state index < -0.39 is 14.4 Å². The summed E-state index contributed by atoms with van der Waals surface area (Å²) in [5, 5.41) is 21.9. The lowest BCUT2D eigenvalue weighted by Crippen LogP contribution is -2.47. The van der Waals surface area contributed by atoms with Crippen molar-refractivity contribution in [2.75, 3.05) is 13.2 Å². The van der Waals surface area contributed by atoms with Crippen LogP contribution in [0.5, 0.6) is 0 Å². The van der Waals surface area contributed by atoms with Gasteiger partial charge in [-0.25, -0.2) is 0 Å². The van der Waals surface area contributed by atoms with Crippen LogP contribution in [-0.2, 0) is 4.43 Å². The average Bonchev–Trinajstić information content (AvgIpc) is 2.30. The molecule has 0 spiro atoms. The Hall–Kier alpha value is -0.593. The predicted molar refractivity (Wildman–Crippen MR) is 78.4 cm³/mol. The Morgan fingerprint density at radius 3 is 2.26 bits per heavy atom. The van der Waals surface area contributed by atoms with Gasteiger partial charge in [-0.2, -0.15) is 0 Å². The van der Waals surface area contributed by atoms with Crippen molar-refractivity contribution in [3.8, 4) is 0 Å². The Bertz CT molecular complexity index is 312. The normalized spacial score (nSPS) is 15.7. The summed E-state index contributed by atoms with van der Waals surface area (Å²) in [6, 6.07) is -0.592. The summed E-state index contributed by atoms with van der Waals surface area (Å²) in [4.78, 5) is 2.77. The van der Waals surface area contributed by atoms with Gasteiger partial charge in [0.1, 0.15) is 0 Å². The molecule has 0 aromatic carbocycles. The second-order valence-corrected chi connectivity index (χ2v) is 11.0. The molecule has 0 aliphatic heterocycles. The summed E-state index contributed by atoms with van der Waals surface area (Å²) in [5.41, 5.74) is 8.55. The van der Waals surface area contributed by atoms with E-state index in [1.807, 2.05) is 0 Å². The molecule has 7 heteroatoms. The molecule has 0 aliphatic carbocycles. The molecule has 0 rings (SSSR count). The Kier molecular flexibility index (Phi) is 7.62. The predicted octanol–water partition coefficient (Wildman–Crippen LogP) is 2.82. The highest BCUT2D eigenvalue weighted by Gasteiger charge is 2.40. The summed E-state index contributed by atoms with van der Waals surface area (Å²) in [6.07, 6.45) is 0.804. The van der Waals surface area contributed by atoms with Crippen LogP contribution in [0.4, 0.5) is 0 Å². The molecule has 0 bridgehead atoms. The van der Waals surface area contributed by atoms with Gasteiger partial charge >= 0.3 is 0 Å². The van der Waals surface area contributed by atoms with E-state index in [0.717, 1.165) is 0 Å². The highest BCUT2D eigenvalue weighted by Crippen LogP contribution is 2.38. The molecule has 0 aromatic rings. The summed E-state index contributed by atoms with van der Waals surface area (Å²) in [7, 11) is -2.00. The minimum atomic E-state index is -2.00. The fraction of sp³-hybridized carbons (Fsp3) is 1.00. The molecule has 2 atom stereocenters. The van der Waals surface area contributed by atoms with Crippen molar-refractivity contribution in [2.24, 2.45) is 5.11 Å². The zero-order valence-electron chi connectivity index (χ0n) is 12.6. The lowest BCUT2D eigenvalue weighted by molar-refractivity contribution is 0.101. The van der Waals surface area contributed by atoms with Crippen molar-refractivity contribution in [1.82, 2.24) is 0 Å². The smallest absolute Gasteiger partial charge is 0.192 e. The molecule has 0 aromatic heterocycles. The zero-order chi connectivity index (χ0) is 15.1. The van der Waals surface area contributed by atoms with E-state index in [1.54, 1.807) is 0 Å². The number of rotatable bonds is 8. The molecular formula is C12H27N3O3Si. The third kappa shape index (κ3) is 5.93. The number of aliphatic hydroxyl groups excluding tert-OH is 2. The van der Waals surface area contributed by atoms with Crippen molar-refractivity contribution in [1.29, 1.82) is 0 Å². The van der Waals surface area contributed by atoms with Crippen molar-refractivity contribution in [3.05, 3.63) is 10.4 Å². The van der Waals surface area contributed by atoms with E-state index in [9.17, 15) is 5.11 Å². The number of hydrogen-bond acceptors (Lipinski definition) is 4. The van der Waals surface area contributed by atoms with Crippen LogP contribution in [0.25, 0.3) is 10.4 Å². The monoisotopic (exact) mass is 289 g/mol. The van der Waals surface area contributed by atoms with E-state index in [4.69, 9.17) is 15.1 Å². The highest BCUT2D eigenvalue weighted by molar-refractivity contribution is 6.74. The third-order valence-electron chi connectivity index (χ3n) is 3.72. The lowest BCUT2D eigenvalue weighted by atomic mass is 10.1. The van der Waals surface area contributed by atoms with Gasteiger partial charge < -0.3 is 14.6 Å². The fourth-order valence-corrected chi connectivity index (χ4v) is 2.86. The van der Waals surface area contributed by atoms with Gasteiger partial charge in [0.05, 0.1) is 18.8 Å².